The first kappa shape index (κ1) is 29.9. The van der Waals surface area contributed by atoms with Gasteiger partial charge in [-0.3, -0.25) is 0 Å². The fraction of sp³-hybridized carbons (Fsp3) is 0.0667. The van der Waals surface area contributed by atoms with Crippen LogP contribution in [-0.4, -0.2) is 4.57 Å². The minimum Gasteiger partial charge on any atom is -0.310 e. The Kier molecular flexibility index (Phi) is 6.85. The molecule has 9 rings (SSSR count). The normalized spacial score (nSPS) is 13.0. The van der Waals surface area contributed by atoms with Gasteiger partial charge < -0.3 is 14.4 Å². The van der Waals surface area contributed by atoms with E-state index in [1.165, 1.54) is 46.6 Å². The maximum Gasteiger partial charge on any atom is 0.123 e. The number of para-hydroxylation sites is 3. The van der Waals surface area contributed by atoms with Gasteiger partial charge in [0.05, 0.1) is 16.7 Å². The Bertz CT molecular complexity index is 2520. The number of anilines is 6. The molecule has 0 aliphatic carbocycles. The lowest BCUT2D eigenvalue weighted by Crippen LogP contribution is -2.26. The van der Waals surface area contributed by atoms with Crippen molar-refractivity contribution in [2.75, 3.05) is 9.80 Å². The summed E-state index contributed by atoms with van der Waals surface area (Å²) in [5.41, 5.74) is 11.2. The number of fused-ring (bicyclic) bond motifs is 5. The van der Waals surface area contributed by atoms with Crippen molar-refractivity contribution in [3.8, 4) is 5.69 Å². The van der Waals surface area contributed by atoms with Crippen LogP contribution in [0.25, 0.3) is 27.5 Å². The van der Waals surface area contributed by atoms with Gasteiger partial charge in [-0.15, -0.1) is 0 Å². The van der Waals surface area contributed by atoms with Crippen LogP contribution in [0.4, 0.5) is 42.9 Å². The van der Waals surface area contributed by atoms with E-state index < -0.39 is 0 Å². The summed E-state index contributed by atoms with van der Waals surface area (Å²) in [5, 5.41) is 2.22. The highest BCUT2D eigenvalue weighted by molar-refractivity contribution is 6.14. The van der Waals surface area contributed by atoms with Crippen LogP contribution in [-0.2, 0) is 5.41 Å². The molecule has 0 unspecified atom stereocenters. The number of nitrogens with zero attached hydrogens (tertiary/aromatic N) is 3. The average molecular weight is 654 g/mol. The van der Waals surface area contributed by atoms with Crippen LogP contribution < -0.4 is 9.80 Å². The van der Waals surface area contributed by atoms with Crippen LogP contribution in [0.2, 0.25) is 0 Å². The number of halogens is 2. The van der Waals surface area contributed by atoms with Crippen molar-refractivity contribution in [3.63, 3.8) is 0 Å². The Morgan fingerprint density at radius 2 is 0.920 bits per heavy atom. The maximum absolute atomic E-state index is 14.2. The predicted octanol–water partition coefficient (Wildman–Crippen LogP) is 12.6. The van der Waals surface area contributed by atoms with Crippen molar-refractivity contribution in [1.29, 1.82) is 0 Å². The molecule has 0 amide bonds. The van der Waals surface area contributed by atoms with E-state index in [2.05, 4.69) is 107 Å². The van der Waals surface area contributed by atoms with E-state index in [9.17, 15) is 8.78 Å². The number of rotatable bonds is 6. The van der Waals surface area contributed by atoms with E-state index in [0.29, 0.717) is 0 Å². The van der Waals surface area contributed by atoms with Crippen LogP contribution in [0.3, 0.4) is 0 Å². The molecule has 0 bridgehead atoms. The van der Waals surface area contributed by atoms with E-state index in [-0.39, 0.29) is 17.0 Å². The summed E-state index contributed by atoms with van der Waals surface area (Å²) in [7, 11) is 0. The Labute approximate surface area is 289 Å². The Morgan fingerprint density at radius 1 is 0.440 bits per heavy atom. The van der Waals surface area contributed by atoms with Crippen molar-refractivity contribution in [2.45, 2.75) is 19.3 Å². The summed E-state index contributed by atoms with van der Waals surface area (Å²) in [4.78, 5) is 4.37. The molecule has 50 heavy (non-hydrogen) atoms. The fourth-order valence-corrected chi connectivity index (χ4v) is 7.69. The maximum atomic E-state index is 14.2. The van der Waals surface area contributed by atoms with Gasteiger partial charge in [0.1, 0.15) is 11.6 Å². The molecule has 8 aromatic rings. The van der Waals surface area contributed by atoms with Crippen molar-refractivity contribution in [2.24, 2.45) is 0 Å². The molecule has 1 aliphatic rings. The Hall–Kier alpha value is -6.20. The average Bonchev–Trinajstić information content (AvgIpc) is 3.47. The summed E-state index contributed by atoms with van der Waals surface area (Å²) < 4.78 is 30.8. The fourth-order valence-electron chi connectivity index (χ4n) is 7.69. The number of aromatic nitrogens is 1. The number of hydrogen-bond donors (Lipinski definition) is 0. The molecule has 2 heterocycles. The van der Waals surface area contributed by atoms with E-state index in [1.807, 2.05) is 60.7 Å². The van der Waals surface area contributed by atoms with Gasteiger partial charge in [-0.05, 0) is 120 Å². The SMILES string of the molecule is CC1(C)c2ccccc2-n2c3ccc(N(c4ccccc4)c4ccc(F)cc4)cc3c3cc(N(c4ccccc4)c4ccc(F)cc4)cc1c32. The Morgan fingerprint density at radius 3 is 1.52 bits per heavy atom. The van der Waals surface area contributed by atoms with Crippen molar-refractivity contribution < 1.29 is 8.78 Å². The van der Waals surface area contributed by atoms with Crippen LogP contribution in [0.15, 0.2) is 164 Å². The minimum absolute atomic E-state index is 0.273. The zero-order valence-corrected chi connectivity index (χ0v) is 27.7. The highest BCUT2D eigenvalue weighted by atomic mass is 19.1. The molecule has 3 nitrogen and oxygen atoms in total. The smallest absolute Gasteiger partial charge is 0.123 e. The first-order chi connectivity index (χ1) is 24.4. The molecule has 0 saturated carbocycles. The first-order valence-electron chi connectivity index (χ1n) is 16.8. The van der Waals surface area contributed by atoms with E-state index >= 15 is 0 Å². The van der Waals surface area contributed by atoms with Gasteiger partial charge >= 0.3 is 0 Å². The topological polar surface area (TPSA) is 11.4 Å². The highest BCUT2D eigenvalue weighted by Crippen LogP contribution is 2.51. The number of benzene rings is 7. The lowest BCUT2D eigenvalue weighted by Gasteiger charge is -2.36. The van der Waals surface area contributed by atoms with Gasteiger partial charge in [0.2, 0.25) is 0 Å². The summed E-state index contributed by atoms with van der Waals surface area (Å²) in [6.07, 6.45) is 0. The monoisotopic (exact) mass is 653 g/mol. The van der Waals surface area contributed by atoms with Gasteiger partial charge in [0.15, 0.2) is 0 Å². The molecule has 0 saturated heterocycles. The molecule has 0 spiro atoms. The molecule has 0 N–H and O–H groups in total. The molecule has 0 atom stereocenters. The molecule has 5 heteroatoms. The third kappa shape index (κ3) is 4.69. The van der Waals surface area contributed by atoms with Gasteiger partial charge in [-0.2, -0.15) is 0 Å². The molecule has 242 valence electrons. The molecule has 1 aromatic heterocycles. The molecule has 7 aromatic carbocycles. The standard InChI is InChI=1S/C45H33F2N3/c1-45(2)40-15-9-10-16-43(40)50-42-26-25-36(48(32-11-5-3-6-12-32)34-21-17-30(46)18-22-34)27-38(42)39-28-37(29-41(45)44(39)50)49(33-13-7-4-8-14-33)35-23-19-31(47)20-24-35/h3-29H,1-2H3. The van der Waals surface area contributed by atoms with Crippen LogP contribution >= 0.6 is 0 Å². The molecular weight excluding hydrogens is 621 g/mol. The Balaban J connectivity index is 1.37. The van der Waals surface area contributed by atoms with Crippen molar-refractivity contribution >= 4 is 55.9 Å². The summed E-state index contributed by atoms with van der Waals surface area (Å²) in [5.74, 6) is -0.547. The highest BCUT2D eigenvalue weighted by Gasteiger charge is 2.36. The van der Waals surface area contributed by atoms with Gasteiger partial charge in [0.25, 0.3) is 0 Å². The van der Waals surface area contributed by atoms with Gasteiger partial charge in [0, 0.05) is 50.3 Å². The zero-order chi connectivity index (χ0) is 34.0. The summed E-state index contributed by atoms with van der Waals surface area (Å²) in [6.45, 7) is 4.60. The largest absolute Gasteiger partial charge is 0.310 e. The lowest BCUT2D eigenvalue weighted by molar-refractivity contribution is 0.627. The predicted molar refractivity (Wildman–Crippen MR) is 202 cm³/mol. The van der Waals surface area contributed by atoms with E-state index in [0.717, 1.165) is 50.4 Å². The van der Waals surface area contributed by atoms with E-state index in [1.54, 1.807) is 0 Å². The van der Waals surface area contributed by atoms with Crippen molar-refractivity contribution in [1.82, 2.24) is 4.57 Å². The van der Waals surface area contributed by atoms with Gasteiger partial charge in [-0.1, -0.05) is 68.4 Å². The van der Waals surface area contributed by atoms with E-state index in [4.69, 9.17) is 0 Å². The molecule has 0 radical (unpaired) electrons. The van der Waals surface area contributed by atoms with Crippen LogP contribution in [0, 0.1) is 11.6 Å². The van der Waals surface area contributed by atoms with Gasteiger partial charge in [-0.25, -0.2) is 8.78 Å². The summed E-state index contributed by atoms with van der Waals surface area (Å²) >= 11 is 0. The van der Waals surface area contributed by atoms with Crippen LogP contribution in [0.5, 0.6) is 0 Å². The third-order valence-electron chi connectivity index (χ3n) is 10.0. The quantitative estimate of drug-likeness (QED) is 0.177. The second-order valence-corrected chi connectivity index (χ2v) is 13.4. The second-order valence-electron chi connectivity index (χ2n) is 13.4. The lowest BCUT2D eigenvalue weighted by atomic mass is 9.74. The second kappa shape index (κ2) is 11.5. The molecule has 1 aliphatic heterocycles. The molecular formula is C45H33F2N3. The van der Waals surface area contributed by atoms with Crippen molar-refractivity contribution in [3.05, 3.63) is 187 Å². The summed E-state index contributed by atoms with van der Waals surface area (Å²) in [6, 6.07) is 53.6. The molecule has 0 fully saturated rings. The minimum atomic E-state index is -0.312. The third-order valence-corrected chi connectivity index (χ3v) is 10.0. The first-order valence-corrected chi connectivity index (χ1v) is 16.8. The van der Waals surface area contributed by atoms with Crippen LogP contribution in [0.1, 0.15) is 25.0 Å². The number of hydrogen-bond acceptors (Lipinski definition) is 2. The zero-order valence-electron chi connectivity index (χ0n) is 27.7.